The normalized spacial score (nSPS) is 25.6. The van der Waals surface area contributed by atoms with Crippen LogP contribution in [-0.2, 0) is 4.74 Å². The molecule has 3 rings (SSSR count). The fourth-order valence-corrected chi connectivity index (χ4v) is 3.21. The molecule has 1 saturated carbocycles. The zero-order chi connectivity index (χ0) is 13.1. The van der Waals surface area contributed by atoms with Crippen LogP contribution >= 0.6 is 0 Å². The van der Waals surface area contributed by atoms with Gasteiger partial charge in [0.05, 0.1) is 6.61 Å². The van der Waals surface area contributed by atoms with Gasteiger partial charge in [0.2, 0.25) is 0 Å². The summed E-state index contributed by atoms with van der Waals surface area (Å²) in [5, 5.41) is 3.11. The Balaban J connectivity index is 1.73. The average Bonchev–Trinajstić information content (AvgIpc) is 3.01. The van der Waals surface area contributed by atoms with E-state index in [9.17, 15) is 0 Å². The molecule has 0 aromatic carbocycles. The Bertz CT molecular complexity index is 420. The second kappa shape index (κ2) is 5.84. The van der Waals surface area contributed by atoms with Gasteiger partial charge in [0.25, 0.3) is 0 Å². The zero-order valence-corrected chi connectivity index (χ0v) is 11.5. The third kappa shape index (κ3) is 2.72. The van der Waals surface area contributed by atoms with Crippen LogP contribution in [0.15, 0.2) is 12.4 Å². The minimum absolute atomic E-state index is 0.0468. The van der Waals surface area contributed by atoms with Gasteiger partial charge in [-0.05, 0) is 12.8 Å². The van der Waals surface area contributed by atoms with Crippen LogP contribution in [0.2, 0.25) is 0 Å². The number of aromatic nitrogens is 2. The maximum Gasteiger partial charge on any atom is 0.150 e. The molecular formula is C14H22N4O. The molecule has 19 heavy (non-hydrogen) atoms. The van der Waals surface area contributed by atoms with Crippen molar-refractivity contribution in [3.8, 4) is 0 Å². The van der Waals surface area contributed by atoms with E-state index in [1.165, 1.54) is 25.7 Å². The van der Waals surface area contributed by atoms with Gasteiger partial charge in [0.1, 0.15) is 17.6 Å². The fraction of sp³-hybridized carbons (Fsp3) is 0.714. The summed E-state index contributed by atoms with van der Waals surface area (Å²) in [6.45, 7) is 2.79. The molecule has 0 radical (unpaired) electrons. The molecule has 1 aromatic heterocycles. The van der Waals surface area contributed by atoms with Crippen LogP contribution in [0, 0.1) is 0 Å². The van der Waals surface area contributed by atoms with E-state index in [0.29, 0.717) is 0 Å². The van der Waals surface area contributed by atoms with E-state index in [1.54, 1.807) is 12.4 Å². The predicted molar refractivity (Wildman–Crippen MR) is 74.1 cm³/mol. The van der Waals surface area contributed by atoms with Gasteiger partial charge in [0.15, 0.2) is 0 Å². The van der Waals surface area contributed by atoms with Crippen LogP contribution in [0.25, 0.3) is 0 Å². The number of hydrogen-bond donors (Lipinski definition) is 1. The van der Waals surface area contributed by atoms with Crippen LogP contribution in [-0.4, -0.2) is 47.7 Å². The number of nitrogens with one attached hydrogen (secondary N) is 1. The summed E-state index contributed by atoms with van der Waals surface area (Å²) < 4.78 is 5.91. The summed E-state index contributed by atoms with van der Waals surface area (Å²) in [7, 11) is 1.88. The van der Waals surface area contributed by atoms with E-state index in [0.717, 1.165) is 37.3 Å². The van der Waals surface area contributed by atoms with Crippen LogP contribution in [0.1, 0.15) is 37.5 Å². The molecule has 1 aromatic rings. The van der Waals surface area contributed by atoms with Crippen molar-refractivity contribution in [1.82, 2.24) is 14.9 Å². The Morgan fingerprint density at radius 2 is 2.05 bits per heavy atom. The predicted octanol–water partition coefficient (Wildman–Crippen LogP) is 1.83. The largest absolute Gasteiger partial charge is 0.372 e. The molecule has 1 N–H and O–H groups in total. The summed E-state index contributed by atoms with van der Waals surface area (Å²) >= 11 is 0. The molecule has 0 bridgehead atoms. The van der Waals surface area contributed by atoms with E-state index in [-0.39, 0.29) is 6.10 Å². The first kappa shape index (κ1) is 12.8. The first-order valence-electron chi connectivity index (χ1n) is 7.23. The zero-order valence-electron chi connectivity index (χ0n) is 11.5. The number of nitrogens with zero attached hydrogens (tertiary/aromatic N) is 3. The molecule has 0 amide bonds. The summed E-state index contributed by atoms with van der Waals surface area (Å²) in [5.41, 5.74) is 0.938. The highest BCUT2D eigenvalue weighted by Crippen LogP contribution is 2.30. The van der Waals surface area contributed by atoms with Crippen molar-refractivity contribution in [2.75, 3.05) is 32.1 Å². The standard InChI is InChI=1S/C14H22N4O/c1-15-14-13(16-6-7-17-14)12-10-18(8-9-19-12)11-4-2-3-5-11/h6-7,11-12H,2-5,8-10H2,1H3,(H,15,17)/t12-/m0/s1. The number of anilines is 1. The first-order valence-corrected chi connectivity index (χ1v) is 7.23. The second-order valence-corrected chi connectivity index (χ2v) is 5.33. The van der Waals surface area contributed by atoms with Crippen LogP contribution < -0.4 is 5.32 Å². The Morgan fingerprint density at radius 1 is 1.26 bits per heavy atom. The Labute approximate surface area is 114 Å². The van der Waals surface area contributed by atoms with Crippen molar-refractivity contribution in [1.29, 1.82) is 0 Å². The fourth-order valence-electron chi connectivity index (χ4n) is 3.21. The van der Waals surface area contributed by atoms with Gasteiger partial charge < -0.3 is 10.1 Å². The van der Waals surface area contributed by atoms with E-state index in [2.05, 4.69) is 20.2 Å². The van der Waals surface area contributed by atoms with Gasteiger partial charge in [0, 0.05) is 38.6 Å². The maximum atomic E-state index is 5.91. The first-order chi connectivity index (χ1) is 9.38. The van der Waals surface area contributed by atoms with E-state index in [4.69, 9.17) is 4.74 Å². The molecule has 104 valence electrons. The molecular weight excluding hydrogens is 240 g/mol. The number of ether oxygens (including phenoxy) is 1. The van der Waals surface area contributed by atoms with Gasteiger partial charge in [-0.25, -0.2) is 4.98 Å². The monoisotopic (exact) mass is 262 g/mol. The van der Waals surface area contributed by atoms with Crippen molar-refractivity contribution in [2.45, 2.75) is 37.8 Å². The highest BCUT2D eigenvalue weighted by atomic mass is 16.5. The molecule has 2 heterocycles. The highest BCUT2D eigenvalue weighted by molar-refractivity contribution is 5.40. The lowest BCUT2D eigenvalue weighted by Crippen LogP contribution is -2.44. The SMILES string of the molecule is CNc1nccnc1[C@@H]1CN(C2CCCC2)CCO1. The van der Waals surface area contributed by atoms with E-state index in [1.807, 2.05) is 7.05 Å². The maximum absolute atomic E-state index is 5.91. The van der Waals surface area contributed by atoms with Gasteiger partial charge >= 0.3 is 0 Å². The highest BCUT2D eigenvalue weighted by Gasteiger charge is 2.30. The topological polar surface area (TPSA) is 50.3 Å². The number of rotatable bonds is 3. The van der Waals surface area contributed by atoms with E-state index >= 15 is 0 Å². The molecule has 2 aliphatic rings. The third-order valence-electron chi connectivity index (χ3n) is 4.21. The molecule has 1 saturated heterocycles. The molecule has 1 aliphatic carbocycles. The molecule has 5 nitrogen and oxygen atoms in total. The van der Waals surface area contributed by atoms with Gasteiger partial charge in [-0.1, -0.05) is 12.8 Å². The van der Waals surface area contributed by atoms with Crippen molar-refractivity contribution in [3.05, 3.63) is 18.1 Å². The van der Waals surface area contributed by atoms with Gasteiger partial charge in [-0.2, -0.15) is 0 Å². The lowest BCUT2D eigenvalue weighted by Gasteiger charge is -2.36. The second-order valence-electron chi connectivity index (χ2n) is 5.33. The van der Waals surface area contributed by atoms with Gasteiger partial charge in [-0.15, -0.1) is 0 Å². The van der Waals surface area contributed by atoms with Crippen LogP contribution in [0.3, 0.4) is 0 Å². The summed E-state index contributed by atoms with van der Waals surface area (Å²) in [4.78, 5) is 11.4. The Morgan fingerprint density at radius 3 is 2.84 bits per heavy atom. The Hall–Kier alpha value is -1.20. The minimum Gasteiger partial charge on any atom is -0.372 e. The van der Waals surface area contributed by atoms with Crippen LogP contribution in [0.5, 0.6) is 0 Å². The number of morpholine rings is 1. The van der Waals surface area contributed by atoms with Crippen molar-refractivity contribution in [3.63, 3.8) is 0 Å². The smallest absolute Gasteiger partial charge is 0.150 e. The molecule has 2 fully saturated rings. The third-order valence-corrected chi connectivity index (χ3v) is 4.21. The number of hydrogen-bond acceptors (Lipinski definition) is 5. The molecule has 5 heteroatoms. The molecule has 1 atom stereocenters. The quantitative estimate of drug-likeness (QED) is 0.900. The summed E-state index contributed by atoms with van der Waals surface area (Å²) in [5.74, 6) is 0.834. The summed E-state index contributed by atoms with van der Waals surface area (Å²) in [6.07, 6.45) is 8.93. The molecule has 1 aliphatic heterocycles. The Kier molecular flexibility index (Phi) is 3.94. The lowest BCUT2D eigenvalue weighted by atomic mass is 10.1. The van der Waals surface area contributed by atoms with Crippen molar-refractivity contribution in [2.24, 2.45) is 0 Å². The molecule has 0 spiro atoms. The minimum atomic E-state index is 0.0468. The summed E-state index contributed by atoms with van der Waals surface area (Å²) in [6, 6.07) is 0.751. The van der Waals surface area contributed by atoms with Crippen LogP contribution in [0.4, 0.5) is 5.82 Å². The van der Waals surface area contributed by atoms with E-state index < -0.39 is 0 Å². The van der Waals surface area contributed by atoms with Crippen molar-refractivity contribution >= 4 is 5.82 Å². The average molecular weight is 262 g/mol. The van der Waals surface area contributed by atoms with Gasteiger partial charge in [-0.3, -0.25) is 9.88 Å². The molecule has 0 unspecified atom stereocenters. The van der Waals surface area contributed by atoms with Crippen molar-refractivity contribution < 1.29 is 4.74 Å². The lowest BCUT2D eigenvalue weighted by molar-refractivity contribution is -0.0457.